The van der Waals surface area contributed by atoms with Gasteiger partial charge in [0.05, 0.1) is 14.2 Å². The van der Waals surface area contributed by atoms with Crippen molar-refractivity contribution in [3.05, 3.63) is 28.8 Å². The Morgan fingerprint density at radius 3 is 2.47 bits per heavy atom. The molecule has 0 saturated carbocycles. The minimum Gasteiger partial charge on any atom is -0.496 e. The summed E-state index contributed by atoms with van der Waals surface area (Å²) < 4.78 is 9.69. The fourth-order valence-corrected chi connectivity index (χ4v) is 1.92. The van der Waals surface area contributed by atoms with E-state index >= 15 is 0 Å². The summed E-state index contributed by atoms with van der Waals surface area (Å²) in [5.41, 5.74) is -1.16. The number of carboxylic acids is 1. The molecule has 0 amide bonds. The van der Waals surface area contributed by atoms with E-state index in [9.17, 15) is 14.7 Å². The quantitative estimate of drug-likeness (QED) is 0.663. The monoisotopic (exact) mass is 286 g/mol. The highest BCUT2D eigenvalue weighted by atomic mass is 35.5. The van der Waals surface area contributed by atoms with Crippen molar-refractivity contribution in [2.45, 2.75) is 13.3 Å². The molecule has 0 aromatic heterocycles. The number of esters is 1. The number of ether oxygens (including phenoxy) is 2. The number of hydrogen-bond donors (Lipinski definition) is 1. The van der Waals surface area contributed by atoms with E-state index in [2.05, 4.69) is 4.74 Å². The van der Waals surface area contributed by atoms with Crippen LogP contribution in [-0.2, 0) is 20.7 Å². The second-order valence-electron chi connectivity index (χ2n) is 4.26. The van der Waals surface area contributed by atoms with Gasteiger partial charge < -0.3 is 14.6 Å². The molecular formula is C13H15ClO5. The Bertz CT molecular complexity index is 500. The first kappa shape index (κ1) is 15.3. The van der Waals surface area contributed by atoms with Gasteiger partial charge in [-0.1, -0.05) is 11.6 Å². The SMILES string of the molecule is COC(=O)C(C)(Cc1cc(Cl)ccc1OC)C(=O)O. The molecule has 0 aliphatic rings. The maximum Gasteiger partial charge on any atom is 0.323 e. The van der Waals surface area contributed by atoms with Crippen molar-refractivity contribution < 1.29 is 24.2 Å². The van der Waals surface area contributed by atoms with Gasteiger partial charge in [-0.3, -0.25) is 9.59 Å². The normalized spacial score (nSPS) is 13.5. The molecule has 1 aromatic rings. The van der Waals surface area contributed by atoms with E-state index < -0.39 is 17.4 Å². The lowest BCUT2D eigenvalue weighted by Gasteiger charge is -2.22. The number of carboxylic acid groups (broad SMARTS) is 1. The van der Waals surface area contributed by atoms with Gasteiger partial charge >= 0.3 is 11.9 Å². The summed E-state index contributed by atoms with van der Waals surface area (Å²) in [4.78, 5) is 23.0. The smallest absolute Gasteiger partial charge is 0.323 e. The largest absolute Gasteiger partial charge is 0.496 e. The minimum absolute atomic E-state index is 0.0707. The number of halogens is 1. The highest BCUT2D eigenvalue weighted by Crippen LogP contribution is 2.31. The van der Waals surface area contributed by atoms with Gasteiger partial charge in [0.1, 0.15) is 5.75 Å². The lowest BCUT2D eigenvalue weighted by atomic mass is 9.83. The van der Waals surface area contributed by atoms with Crippen molar-refractivity contribution in [2.24, 2.45) is 5.41 Å². The molecule has 0 aliphatic heterocycles. The zero-order valence-corrected chi connectivity index (χ0v) is 11.7. The summed E-state index contributed by atoms with van der Waals surface area (Å²) in [5, 5.41) is 9.69. The second-order valence-corrected chi connectivity index (χ2v) is 4.70. The lowest BCUT2D eigenvalue weighted by molar-refractivity contribution is -0.165. The van der Waals surface area contributed by atoms with Gasteiger partial charge in [-0.15, -0.1) is 0 Å². The van der Waals surface area contributed by atoms with Crippen LogP contribution in [0, 0.1) is 5.41 Å². The summed E-state index contributed by atoms with van der Waals surface area (Å²) >= 11 is 5.88. The molecule has 0 saturated heterocycles. The molecule has 0 heterocycles. The van der Waals surface area contributed by atoms with Crippen LogP contribution >= 0.6 is 11.6 Å². The second kappa shape index (κ2) is 5.93. The van der Waals surface area contributed by atoms with E-state index in [1.54, 1.807) is 18.2 Å². The Kier molecular flexibility index (Phi) is 4.78. The maximum absolute atomic E-state index is 11.7. The molecule has 1 rings (SSSR count). The zero-order chi connectivity index (χ0) is 14.6. The Labute approximate surface area is 116 Å². The third-order valence-electron chi connectivity index (χ3n) is 2.89. The van der Waals surface area contributed by atoms with Crippen LogP contribution in [0.5, 0.6) is 5.75 Å². The maximum atomic E-state index is 11.7. The number of hydrogen-bond acceptors (Lipinski definition) is 4. The number of aliphatic carboxylic acids is 1. The molecule has 1 N–H and O–H groups in total. The minimum atomic E-state index is -1.69. The number of carbonyl (C=O) groups is 2. The van der Waals surface area contributed by atoms with E-state index in [1.807, 2.05) is 0 Å². The van der Waals surface area contributed by atoms with Crippen molar-refractivity contribution in [3.8, 4) is 5.75 Å². The van der Waals surface area contributed by atoms with Crippen LogP contribution in [0.25, 0.3) is 0 Å². The standard InChI is InChI=1S/C13H15ClO5/c1-13(11(15)16,12(17)19-3)7-8-6-9(14)4-5-10(8)18-2/h4-6H,7H2,1-3H3,(H,15,16). The third-order valence-corrected chi connectivity index (χ3v) is 3.13. The van der Waals surface area contributed by atoms with E-state index in [-0.39, 0.29) is 6.42 Å². The Morgan fingerprint density at radius 2 is 2.00 bits per heavy atom. The summed E-state index contributed by atoms with van der Waals surface area (Å²) in [7, 11) is 2.61. The van der Waals surface area contributed by atoms with Gasteiger partial charge in [0.2, 0.25) is 0 Å². The Balaban J connectivity index is 3.20. The molecule has 0 aliphatic carbocycles. The van der Waals surface area contributed by atoms with Crippen LogP contribution in [0.15, 0.2) is 18.2 Å². The van der Waals surface area contributed by atoms with Crippen LogP contribution in [0.3, 0.4) is 0 Å². The van der Waals surface area contributed by atoms with Gasteiger partial charge in [0.15, 0.2) is 5.41 Å². The first-order valence-electron chi connectivity index (χ1n) is 5.49. The van der Waals surface area contributed by atoms with Crippen LogP contribution in [0.4, 0.5) is 0 Å². The number of methoxy groups -OCH3 is 2. The van der Waals surface area contributed by atoms with Crippen molar-refractivity contribution in [1.29, 1.82) is 0 Å². The molecule has 19 heavy (non-hydrogen) atoms. The zero-order valence-electron chi connectivity index (χ0n) is 10.9. The van der Waals surface area contributed by atoms with Crippen molar-refractivity contribution in [3.63, 3.8) is 0 Å². The fraction of sp³-hybridized carbons (Fsp3) is 0.385. The van der Waals surface area contributed by atoms with Gasteiger partial charge in [0.25, 0.3) is 0 Å². The lowest BCUT2D eigenvalue weighted by Crippen LogP contribution is -2.39. The summed E-state index contributed by atoms with van der Waals surface area (Å²) in [6.45, 7) is 1.31. The van der Waals surface area contributed by atoms with Gasteiger partial charge in [0, 0.05) is 11.4 Å². The predicted octanol–water partition coefficient (Wildman–Crippen LogP) is 2.15. The summed E-state index contributed by atoms with van der Waals surface area (Å²) in [6, 6.07) is 4.82. The fourth-order valence-electron chi connectivity index (χ4n) is 1.73. The van der Waals surface area contributed by atoms with Crippen LogP contribution in [0.1, 0.15) is 12.5 Å². The van der Waals surface area contributed by atoms with Crippen LogP contribution in [0.2, 0.25) is 5.02 Å². The van der Waals surface area contributed by atoms with Crippen LogP contribution in [-0.4, -0.2) is 31.3 Å². The van der Waals surface area contributed by atoms with E-state index in [4.69, 9.17) is 16.3 Å². The average Bonchev–Trinajstić information content (AvgIpc) is 2.37. The summed E-state index contributed by atoms with van der Waals surface area (Å²) in [5.74, 6) is -1.61. The molecule has 1 atom stereocenters. The molecule has 104 valence electrons. The first-order chi connectivity index (χ1) is 8.85. The average molecular weight is 287 g/mol. The Morgan fingerprint density at radius 1 is 1.37 bits per heavy atom. The third kappa shape index (κ3) is 3.17. The number of rotatable bonds is 5. The van der Waals surface area contributed by atoms with Gasteiger partial charge in [-0.25, -0.2) is 0 Å². The molecule has 1 aromatic carbocycles. The van der Waals surface area contributed by atoms with E-state index in [0.717, 1.165) is 7.11 Å². The van der Waals surface area contributed by atoms with Gasteiger partial charge in [-0.2, -0.15) is 0 Å². The number of benzene rings is 1. The van der Waals surface area contributed by atoms with Gasteiger partial charge in [-0.05, 0) is 30.7 Å². The Hall–Kier alpha value is -1.75. The van der Waals surface area contributed by atoms with E-state index in [1.165, 1.54) is 14.0 Å². The highest BCUT2D eigenvalue weighted by molar-refractivity contribution is 6.30. The number of carbonyl (C=O) groups excluding carboxylic acids is 1. The van der Waals surface area contributed by atoms with Crippen molar-refractivity contribution >= 4 is 23.5 Å². The van der Waals surface area contributed by atoms with Crippen molar-refractivity contribution in [2.75, 3.05) is 14.2 Å². The molecule has 1 unspecified atom stereocenters. The molecule has 0 fully saturated rings. The first-order valence-corrected chi connectivity index (χ1v) is 5.87. The molecule has 0 bridgehead atoms. The predicted molar refractivity (Wildman–Crippen MR) is 69.5 cm³/mol. The molecule has 0 radical (unpaired) electrons. The molecule has 6 heteroatoms. The summed E-state index contributed by atoms with van der Waals surface area (Å²) in [6.07, 6.45) is -0.0707. The molecule has 0 spiro atoms. The highest BCUT2D eigenvalue weighted by Gasteiger charge is 2.43. The topological polar surface area (TPSA) is 72.8 Å². The van der Waals surface area contributed by atoms with E-state index in [0.29, 0.717) is 16.3 Å². The molecule has 5 nitrogen and oxygen atoms in total. The van der Waals surface area contributed by atoms with Crippen molar-refractivity contribution in [1.82, 2.24) is 0 Å². The van der Waals surface area contributed by atoms with Crippen LogP contribution < -0.4 is 4.74 Å². The molecular weight excluding hydrogens is 272 g/mol.